The number of ether oxygens (including phenoxy) is 1. The van der Waals surface area contributed by atoms with E-state index in [0.717, 1.165) is 54.8 Å². The van der Waals surface area contributed by atoms with Crippen molar-refractivity contribution in [3.8, 4) is 5.75 Å². The maximum absolute atomic E-state index is 12.7. The van der Waals surface area contributed by atoms with Crippen LogP contribution in [0, 0.1) is 13.8 Å². The van der Waals surface area contributed by atoms with Crippen LogP contribution in [0.5, 0.6) is 5.75 Å². The first-order chi connectivity index (χ1) is 14.5. The zero-order valence-corrected chi connectivity index (χ0v) is 18.1. The second kappa shape index (κ2) is 9.16. The number of hydrogen-bond donors (Lipinski definition) is 3. The highest BCUT2D eigenvalue weighted by molar-refractivity contribution is 5.96. The topological polar surface area (TPSA) is 65.6 Å². The Morgan fingerprint density at radius 1 is 1.07 bits per heavy atom. The molecule has 2 aliphatic heterocycles. The summed E-state index contributed by atoms with van der Waals surface area (Å²) in [5.74, 6) is 0.932. The molecule has 0 bridgehead atoms. The first-order valence-electron chi connectivity index (χ1n) is 10.8. The molecule has 2 heterocycles. The Balaban J connectivity index is 1.27. The van der Waals surface area contributed by atoms with Gasteiger partial charge in [0, 0.05) is 30.7 Å². The van der Waals surface area contributed by atoms with Gasteiger partial charge in [-0.15, -0.1) is 0 Å². The van der Waals surface area contributed by atoms with Crippen LogP contribution in [0.1, 0.15) is 52.4 Å². The quantitative estimate of drug-likeness (QED) is 0.710. The van der Waals surface area contributed by atoms with Crippen molar-refractivity contribution in [1.29, 1.82) is 0 Å². The van der Waals surface area contributed by atoms with Gasteiger partial charge in [-0.1, -0.05) is 29.8 Å². The van der Waals surface area contributed by atoms with Crippen LogP contribution in [0.3, 0.4) is 0 Å². The Hall–Kier alpha value is -2.41. The summed E-state index contributed by atoms with van der Waals surface area (Å²) in [6, 6.07) is 14.8. The second-order valence-corrected chi connectivity index (χ2v) is 8.47. The second-order valence-electron chi connectivity index (χ2n) is 8.47. The van der Waals surface area contributed by atoms with Gasteiger partial charge in [-0.05, 0) is 62.4 Å². The number of amides is 1. The number of methoxy groups -OCH3 is 1. The summed E-state index contributed by atoms with van der Waals surface area (Å²) in [4.78, 5) is 15.2. The molecule has 2 fully saturated rings. The highest BCUT2D eigenvalue weighted by Gasteiger charge is 2.32. The number of carbonyl (C=O) groups is 1. The van der Waals surface area contributed by atoms with Crippen LogP contribution >= 0.6 is 0 Å². The molecular formula is C24H32N4O2. The lowest BCUT2D eigenvalue weighted by atomic mass is 10.00. The third kappa shape index (κ3) is 4.67. The number of aryl methyl sites for hydroxylation is 2. The van der Waals surface area contributed by atoms with Crippen molar-refractivity contribution in [2.45, 2.75) is 51.4 Å². The molecule has 1 amide bonds. The number of nitrogens with zero attached hydrogens (tertiary/aromatic N) is 1. The van der Waals surface area contributed by atoms with Gasteiger partial charge in [-0.3, -0.25) is 9.69 Å². The van der Waals surface area contributed by atoms with E-state index in [-0.39, 0.29) is 11.9 Å². The van der Waals surface area contributed by atoms with Gasteiger partial charge in [0.2, 0.25) is 0 Å². The maximum Gasteiger partial charge on any atom is 0.251 e. The number of carbonyl (C=O) groups excluding carboxylic acids is 1. The lowest BCUT2D eigenvalue weighted by molar-refractivity contribution is 0.0879. The average molecular weight is 409 g/mol. The summed E-state index contributed by atoms with van der Waals surface area (Å²) in [5.41, 5.74) is 11.1. The Kier molecular flexibility index (Phi) is 6.37. The number of piperidine rings is 1. The fourth-order valence-corrected chi connectivity index (χ4v) is 4.43. The minimum Gasteiger partial charge on any atom is -0.497 e. The number of hydrazine groups is 1. The lowest BCUT2D eigenvalue weighted by Crippen LogP contribution is -2.51. The SMILES string of the molecule is COc1ccc(C2CC(N3CCC(NC(=O)c4cc(C)ccc4C)CC3)NN2)cc1. The number of rotatable bonds is 5. The summed E-state index contributed by atoms with van der Waals surface area (Å²) in [5, 5.41) is 3.25. The third-order valence-corrected chi connectivity index (χ3v) is 6.34. The van der Waals surface area contributed by atoms with Crippen LogP contribution < -0.4 is 20.9 Å². The summed E-state index contributed by atoms with van der Waals surface area (Å²) in [6.07, 6.45) is 3.28. The van der Waals surface area contributed by atoms with Crippen LogP contribution in [-0.4, -0.2) is 43.2 Å². The molecule has 4 rings (SSSR count). The van der Waals surface area contributed by atoms with Crippen LogP contribution in [-0.2, 0) is 0 Å². The molecule has 160 valence electrons. The van der Waals surface area contributed by atoms with Crippen molar-refractivity contribution in [1.82, 2.24) is 21.1 Å². The molecule has 0 spiro atoms. The highest BCUT2D eigenvalue weighted by atomic mass is 16.5. The zero-order chi connectivity index (χ0) is 21.1. The van der Waals surface area contributed by atoms with Gasteiger partial charge >= 0.3 is 0 Å². The molecule has 0 aliphatic carbocycles. The molecule has 2 atom stereocenters. The van der Waals surface area contributed by atoms with E-state index in [1.54, 1.807) is 7.11 Å². The monoisotopic (exact) mass is 408 g/mol. The number of likely N-dealkylation sites (tertiary alicyclic amines) is 1. The Morgan fingerprint density at radius 2 is 1.80 bits per heavy atom. The van der Waals surface area contributed by atoms with E-state index in [2.05, 4.69) is 33.2 Å². The highest BCUT2D eigenvalue weighted by Crippen LogP contribution is 2.27. The van der Waals surface area contributed by atoms with Crippen molar-refractivity contribution in [3.63, 3.8) is 0 Å². The number of hydrogen-bond acceptors (Lipinski definition) is 5. The number of benzene rings is 2. The van der Waals surface area contributed by atoms with Crippen LogP contribution in [0.25, 0.3) is 0 Å². The molecule has 3 N–H and O–H groups in total. The van der Waals surface area contributed by atoms with Gasteiger partial charge in [0.1, 0.15) is 5.75 Å². The molecule has 2 saturated heterocycles. The van der Waals surface area contributed by atoms with Gasteiger partial charge in [0.15, 0.2) is 0 Å². The lowest BCUT2D eigenvalue weighted by Gasteiger charge is -2.36. The van der Waals surface area contributed by atoms with E-state index in [9.17, 15) is 4.79 Å². The van der Waals surface area contributed by atoms with E-state index in [4.69, 9.17) is 4.74 Å². The minimum absolute atomic E-state index is 0.0508. The normalized spacial score (nSPS) is 22.8. The van der Waals surface area contributed by atoms with E-state index >= 15 is 0 Å². The maximum atomic E-state index is 12.7. The first kappa shape index (κ1) is 20.8. The molecule has 0 aromatic heterocycles. The Bertz CT molecular complexity index is 875. The summed E-state index contributed by atoms with van der Waals surface area (Å²) < 4.78 is 5.25. The summed E-state index contributed by atoms with van der Waals surface area (Å²) in [7, 11) is 1.69. The molecule has 0 radical (unpaired) electrons. The molecule has 6 nitrogen and oxygen atoms in total. The van der Waals surface area contributed by atoms with Gasteiger partial charge in [0.25, 0.3) is 5.91 Å². The molecule has 30 heavy (non-hydrogen) atoms. The fourth-order valence-electron chi connectivity index (χ4n) is 4.43. The van der Waals surface area contributed by atoms with Crippen LogP contribution in [0.2, 0.25) is 0 Å². The molecule has 2 unspecified atom stereocenters. The predicted octanol–water partition coefficient (Wildman–Crippen LogP) is 3.07. The van der Waals surface area contributed by atoms with Gasteiger partial charge in [0.05, 0.1) is 13.3 Å². The molecule has 0 saturated carbocycles. The molecular weight excluding hydrogens is 376 g/mol. The van der Waals surface area contributed by atoms with Gasteiger partial charge in [-0.2, -0.15) is 0 Å². The summed E-state index contributed by atoms with van der Waals surface area (Å²) in [6.45, 7) is 5.98. The molecule has 2 aromatic carbocycles. The van der Waals surface area contributed by atoms with Crippen molar-refractivity contribution in [2.24, 2.45) is 0 Å². The predicted molar refractivity (Wildman–Crippen MR) is 118 cm³/mol. The van der Waals surface area contributed by atoms with E-state index in [1.807, 2.05) is 44.2 Å². The molecule has 6 heteroatoms. The zero-order valence-electron chi connectivity index (χ0n) is 18.1. The summed E-state index contributed by atoms with van der Waals surface area (Å²) >= 11 is 0. The van der Waals surface area contributed by atoms with E-state index in [0.29, 0.717) is 12.2 Å². The van der Waals surface area contributed by atoms with Gasteiger partial charge < -0.3 is 10.1 Å². The smallest absolute Gasteiger partial charge is 0.251 e. The van der Waals surface area contributed by atoms with Gasteiger partial charge in [-0.25, -0.2) is 10.9 Å². The fraction of sp³-hybridized carbons (Fsp3) is 0.458. The van der Waals surface area contributed by atoms with E-state index < -0.39 is 0 Å². The van der Waals surface area contributed by atoms with Crippen LogP contribution in [0.4, 0.5) is 0 Å². The van der Waals surface area contributed by atoms with E-state index in [1.165, 1.54) is 5.56 Å². The first-order valence-corrected chi connectivity index (χ1v) is 10.8. The van der Waals surface area contributed by atoms with Crippen molar-refractivity contribution in [2.75, 3.05) is 20.2 Å². The minimum atomic E-state index is 0.0508. The average Bonchev–Trinajstić information content (AvgIpc) is 3.26. The largest absolute Gasteiger partial charge is 0.497 e. The Morgan fingerprint density at radius 3 is 2.50 bits per heavy atom. The number of nitrogens with one attached hydrogen (secondary N) is 3. The standard InChI is InChI=1S/C24H32N4O2/c1-16-4-5-17(2)21(14-16)24(29)25-19-10-12-28(13-11-19)23-15-22(26-27-23)18-6-8-20(30-3)9-7-18/h4-9,14,19,22-23,26-27H,10-13,15H2,1-3H3,(H,25,29). The third-order valence-electron chi connectivity index (χ3n) is 6.34. The molecule has 2 aliphatic rings. The Labute approximate surface area is 179 Å². The van der Waals surface area contributed by atoms with Crippen molar-refractivity contribution in [3.05, 3.63) is 64.7 Å². The van der Waals surface area contributed by atoms with Crippen LogP contribution in [0.15, 0.2) is 42.5 Å². The molecule has 2 aromatic rings. The van der Waals surface area contributed by atoms with Crippen molar-refractivity contribution >= 4 is 5.91 Å². The van der Waals surface area contributed by atoms with Crippen molar-refractivity contribution < 1.29 is 9.53 Å².